The molecule has 0 bridgehead atoms. The summed E-state index contributed by atoms with van der Waals surface area (Å²) in [7, 11) is 0. The van der Waals surface area contributed by atoms with Gasteiger partial charge in [-0.3, -0.25) is 4.79 Å². The molecule has 0 aliphatic carbocycles. The van der Waals surface area contributed by atoms with Crippen LogP contribution in [0.25, 0.3) is 0 Å². The highest BCUT2D eigenvalue weighted by molar-refractivity contribution is 7.99. The van der Waals surface area contributed by atoms with Crippen LogP contribution in [-0.2, 0) is 4.79 Å². The first-order valence-electron chi connectivity index (χ1n) is 4.68. The molecule has 0 saturated carbocycles. The summed E-state index contributed by atoms with van der Waals surface area (Å²) in [5.41, 5.74) is 0. The Morgan fingerprint density at radius 1 is 1.62 bits per heavy atom. The van der Waals surface area contributed by atoms with Crippen LogP contribution in [0.15, 0.2) is 0 Å². The van der Waals surface area contributed by atoms with Gasteiger partial charge in [-0.15, -0.1) is 0 Å². The van der Waals surface area contributed by atoms with Crippen LogP contribution >= 0.6 is 11.8 Å². The summed E-state index contributed by atoms with van der Waals surface area (Å²) in [6.07, 6.45) is 1.10. The first-order valence-corrected chi connectivity index (χ1v) is 5.83. The molecule has 1 aliphatic rings. The van der Waals surface area contributed by atoms with E-state index in [0.29, 0.717) is 6.04 Å². The van der Waals surface area contributed by atoms with Crippen LogP contribution < -0.4 is 5.32 Å². The van der Waals surface area contributed by atoms with Gasteiger partial charge in [0.1, 0.15) is 6.04 Å². The number of thioether (sulfide) groups is 1. The van der Waals surface area contributed by atoms with E-state index in [1.165, 1.54) is 0 Å². The molecule has 1 heterocycles. The van der Waals surface area contributed by atoms with Crippen LogP contribution in [0.2, 0.25) is 0 Å². The maximum atomic E-state index is 10.9. The molecule has 0 amide bonds. The second kappa shape index (κ2) is 4.86. The summed E-state index contributed by atoms with van der Waals surface area (Å²) in [5, 5.41) is 12.1. The van der Waals surface area contributed by atoms with Gasteiger partial charge in [0, 0.05) is 11.8 Å². The Morgan fingerprint density at radius 2 is 2.31 bits per heavy atom. The third-order valence-corrected chi connectivity index (χ3v) is 3.44. The normalized spacial score (nSPS) is 25.0. The van der Waals surface area contributed by atoms with Gasteiger partial charge in [0.25, 0.3) is 0 Å². The second-order valence-corrected chi connectivity index (χ2v) is 4.94. The number of nitrogens with one attached hydrogen (secondary N) is 1. The Kier molecular flexibility index (Phi) is 4.06. The number of hydrogen-bond acceptors (Lipinski definition) is 3. The van der Waals surface area contributed by atoms with Crippen molar-refractivity contribution >= 4 is 17.7 Å². The molecule has 0 aromatic carbocycles. The molecule has 2 atom stereocenters. The van der Waals surface area contributed by atoms with Crippen molar-refractivity contribution in [2.24, 2.45) is 5.92 Å². The highest BCUT2D eigenvalue weighted by atomic mass is 32.2. The number of hydrogen-bond donors (Lipinski definition) is 2. The zero-order valence-corrected chi connectivity index (χ0v) is 8.93. The standard InChI is InChI=1S/C9H17NO2S/c1-6(2)8(9(11)12)10-7-3-4-13-5-7/h6-8,10H,3-5H2,1-2H3,(H,11,12). The van der Waals surface area contributed by atoms with Crippen LogP contribution in [0.5, 0.6) is 0 Å². The second-order valence-electron chi connectivity index (χ2n) is 3.79. The molecule has 0 aromatic rings. The molecule has 1 aliphatic heterocycles. The van der Waals surface area contributed by atoms with Gasteiger partial charge in [0.2, 0.25) is 0 Å². The van der Waals surface area contributed by atoms with Crippen molar-refractivity contribution in [2.45, 2.75) is 32.4 Å². The molecular weight excluding hydrogens is 186 g/mol. The van der Waals surface area contributed by atoms with Crippen molar-refractivity contribution in [1.82, 2.24) is 5.32 Å². The molecule has 13 heavy (non-hydrogen) atoms. The van der Waals surface area contributed by atoms with Gasteiger partial charge in [0.05, 0.1) is 0 Å². The molecule has 0 radical (unpaired) electrons. The van der Waals surface area contributed by atoms with E-state index in [0.717, 1.165) is 17.9 Å². The maximum Gasteiger partial charge on any atom is 0.320 e. The zero-order valence-electron chi connectivity index (χ0n) is 8.12. The van der Waals surface area contributed by atoms with E-state index in [-0.39, 0.29) is 12.0 Å². The first-order chi connectivity index (χ1) is 6.11. The van der Waals surface area contributed by atoms with Gasteiger partial charge in [-0.05, 0) is 18.1 Å². The molecule has 76 valence electrons. The predicted molar refractivity (Wildman–Crippen MR) is 55.1 cm³/mol. The van der Waals surface area contributed by atoms with Gasteiger partial charge in [-0.2, -0.15) is 11.8 Å². The number of carboxylic acid groups (broad SMARTS) is 1. The van der Waals surface area contributed by atoms with Crippen LogP contribution in [0.1, 0.15) is 20.3 Å². The van der Waals surface area contributed by atoms with Gasteiger partial charge in [0.15, 0.2) is 0 Å². The SMILES string of the molecule is CC(C)C(NC1CCSC1)C(=O)O. The molecule has 0 aromatic heterocycles. The minimum Gasteiger partial charge on any atom is -0.480 e. The number of rotatable bonds is 4. The third kappa shape index (κ3) is 3.19. The number of aliphatic carboxylic acids is 1. The van der Waals surface area contributed by atoms with Crippen LogP contribution in [0.3, 0.4) is 0 Å². The zero-order chi connectivity index (χ0) is 9.84. The summed E-state index contributed by atoms with van der Waals surface area (Å²) in [4.78, 5) is 10.9. The highest BCUT2D eigenvalue weighted by Gasteiger charge is 2.26. The summed E-state index contributed by atoms with van der Waals surface area (Å²) in [5.74, 6) is 1.63. The molecule has 1 saturated heterocycles. The quantitative estimate of drug-likeness (QED) is 0.720. The summed E-state index contributed by atoms with van der Waals surface area (Å²) >= 11 is 1.89. The smallest absolute Gasteiger partial charge is 0.320 e. The molecule has 3 nitrogen and oxygen atoms in total. The van der Waals surface area contributed by atoms with Crippen LogP contribution in [0, 0.1) is 5.92 Å². The minimum atomic E-state index is -0.730. The summed E-state index contributed by atoms with van der Waals surface area (Å²) in [6, 6.07) is 0.0113. The Bertz CT molecular complexity index is 178. The lowest BCUT2D eigenvalue weighted by molar-refractivity contribution is -0.140. The fraction of sp³-hybridized carbons (Fsp3) is 0.889. The average molecular weight is 203 g/mol. The maximum absolute atomic E-state index is 10.9. The predicted octanol–water partition coefficient (Wildman–Crippen LogP) is 1.19. The monoisotopic (exact) mass is 203 g/mol. The van der Waals surface area contributed by atoms with Gasteiger partial charge < -0.3 is 10.4 Å². The summed E-state index contributed by atoms with van der Waals surface area (Å²) < 4.78 is 0. The molecule has 0 spiro atoms. The van der Waals surface area contributed by atoms with Crippen LogP contribution in [0.4, 0.5) is 0 Å². The topological polar surface area (TPSA) is 49.3 Å². The fourth-order valence-corrected chi connectivity index (χ4v) is 2.63. The van der Waals surface area contributed by atoms with E-state index in [1.54, 1.807) is 0 Å². The lowest BCUT2D eigenvalue weighted by Gasteiger charge is -2.21. The van der Waals surface area contributed by atoms with E-state index >= 15 is 0 Å². The minimum absolute atomic E-state index is 0.156. The van der Waals surface area contributed by atoms with Crippen molar-refractivity contribution < 1.29 is 9.90 Å². The van der Waals surface area contributed by atoms with Crippen molar-refractivity contribution in [3.05, 3.63) is 0 Å². The van der Waals surface area contributed by atoms with E-state index in [9.17, 15) is 4.79 Å². The Hall–Kier alpha value is -0.220. The lowest BCUT2D eigenvalue weighted by Crippen LogP contribution is -2.46. The molecular formula is C9H17NO2S. The third-order valence-electron chi connectivity index (χ3n) is 2.28. The number of carboxylic acids is 1. The van der Waals surface area contributed by atoms with E-state index in [2.05, 4.69) is 5.32 Å². The Labute approximate surface area is 83.3 Å². The molecule has 2 N–H and O–H groups in total. The fourth-order valence-electron chi connectivity index (χ4n) is 1.47. The van der Waals surface area contributed by atoms with E-state index < -0.39 is 5.97 Å². The lowest BCUT2D eigenvalue weighted by atomic mass is 10.0. The molecule has 4 heteroatoms. The first kappa shape index (κ1) is 10.9. The summed E-state index contributed by atoms with van der Waals surface area (Å²) in [6.45, 7) is 3.88. The van der Waals surface area contributed by atoms with E-state index in [1.807, 2.05) is 25.6 Å². The molecule has 1 rings (SSSR count). The Balaban J connectivity index is 2.41. The van der Waals surface area contributed by atoms with Crippen molar-refractivity contribution in [3.8, 4) is 0 Å². The van der Waals surface area contributed by atoms with Crippen LogP contribution in [-0.4, -0.2) is 34.7 Å². The van der Waals surface area contributed by atoms with Crippen molar-refractivity contribution in [3.63, 3.8) is 0 Å². The molecule has 2 unspecified atom stereocenters. The van der Waals surface area contributed by atoms with E-state index in [4.69, 9.17) is 5.11 Å². The molecule has 1 fully saturated rings. The highest BCUT2D eigenvalue weighted by Crippen LogP contribution is 2.18. The number of carbonyl (C=O) groups is 1. The van der Waals surface area contributed by atoms with Gasteiger partial charge >= 0.3 is 5.97 Å². The van der Waals surface area contributed by atoms with Gasteiger partial charge in [-0.25, -0.2) is 0 Å². The Morgan fingerprint density at radius 3 is 2.69 bits per heavy atom. The largest absolute Gasteiger partial charge is 0.480 e. The van der Waals surface area contributed by atoms with Crippen molar-refractivity contribution in [1.29, 1.82) is 0 Å². The van der Waals surface area contributed by atoms with Crippen molar-refractivity contribution in [2.75, 3.05) is 11.5 Å². The van der Waals surface area contributed by atoms with Gasteiger partial charge in [-0.1, -0.05) is 13.8 Å². The average Bonchev–Trinajstić information content (AvgIpc) is 2.50.